The minimum atomic E-state index is -0.250. The zero-order valence-corrected chi connectivity index (χ0v) is 16.7. The number of aryl methyl sites for hydroxylation is 1. The van der Waals surface area contributed by atoms with Gasteiger partial charge in [-0.15, -0.1) is 11.3 Å². The van der Waals surface area contributed by atoms with Gasteiger partial charge in [0.15, 0.2) is 0 Å². The Morgan fingerprint density at radius 2 is 2.22 bits per heavy atom. The van der Waals surface area contributed by atoms with Gasteiger partial charge in [-0.1, -0.05) is 23.8 Å². The van der Waals surface area contributed by atoms with Crippen molar-refractivity contribution in [2.24, 2.45) is 0 Å². The predicted molar refractivity (Wildman–Crippen MR) is 107 cm³/mol. The van der Waals surface area contributed by atoms with E-state index in [2.05, 4.69) is 54.4 Å². The number of carbonyl (C=O) groups is 2. The second-order valence-electron chi connectivity index (χ2n) is 6.63. The number of nitrogens with zero attached hydrogens (tertiary/aromatic N) is 3. The van der Waals surface area contributed by atoms with Crippen LogP contribution in [0.25, 0.3) is 10.6 Å². The van der Waals surface area contributed by atoms with Gasteiger partial charge in [0.25, 0.3) is 6.47 Å². The number of benzene rings is 1. The number of carbonyl (C=O) groups excluding carboxylic acids is 1. The van der Waals surface area contributed by atoms with Crippen molar-refractivity contribution in [3.8, 4) is 10.6 Å². The summed E-state index contributed by atoms with van der Waals surface area (Å²) >= 11 is 1.62. The lowest BCUT2D eigenvalue weighted by Gasteiger charge is -2.20. The summed E-state index contributed by atoms with van der Waals surface area (Å²) in [6, 6.07) is 8.79. The van der Waals surface area contributed by atoms with Gasteiger partial charge in [-0.2, -0.15) is 0 Å². The van der Waals surface area contributed by atoms with E-state index in [0.29, 0.717) is 12.6 Å². The normalized spacial score (nSPS) is 16.0. The molecule has 8 heteroatoms. The summed E-state index contributed by atoms with van der Waals surface area (Å²) in [5.74, 6) is 0. The van der Waals surface area contributed by atoms with Gasteiger partial charge in [0, 0.05) is 30.1 Å². The first kappa shape index (κ1) is 20.9. The molecule has 1 aliphatic rings. The summed E-state index contributed by atoms with van der Waals surface area (Å²) < 4.78 is 0. The van der Waals surface area contributed by atoms with E-state index in [4.69, 9.17) is 9.90 Å². The molecular formula is C19H26N4O3S. The van der Waals surface area contributed by atoms with E-state index in [1.54, 1.807) is 11.3 Å². The quantitative estimate of drug-likeness (QED) is 0.784. The highest BCUT2D eigenvalue weighted by atomic mass is 32.1. The molecule has 0 radical (unpaired) electrons. The second-order valence-corrected chi connectivity index (χ2v) is 7.49. The molecule has 1 saturated heterocycles. The highest BCUT2D eigenvalue weighted by Gasteiger charge is 2.27. The van der Waals surface area contributed by atoms with Crippen LogP contribution in [0.3, 0.4) is 0 Å². The van der Waals surface area contributed by atoms with Crippen LogP contribution in [-0.4, -0.2) is 65.6 Å². The summed E-state index contributed by atoms with van der Waals surface area (Å²) in [6.45, 7) is 3.92. The van der Waals surface area contributed by atoms with Crippen molar-refractivity contribution in [1.29, 1.82) is 0 Å². The first-order valence-electron chi connectivity index (χ1n) is 8.73. The van der Waals surface area contributed by atoms with Gasteiger partial charge in [0.2, 0.25) is 0 Å². The Balaban J connectivity index is 0.000000817. The fourth-order valence-electron chi connectivity index (χ4n) is 2.92. The van der Waals surface area contributed by atoms with E-state index in [-0.39, 0.29) is 12.5 Å². The number of hydrogen-bond donors (Lipinski definition) is 2. The molecule has 0 spiro atoms. The minimum absolute atomic E-state index is 0.00413. The molecule has 2 N–H and O–H groups in total. The SMILES string of the molecule is Cc1cccc(-c2nc(CNC(=O)N3CCC(N(C)C)C3)cs2)c1.O=CO. The largest absolute Gasteiger partial charge is 0.483 e. The van der Waals surface area contributed by atoms with Crippen molar-refractivity contribution < 1.29 is 14.7 Å². The maximum Gasteiger partial charge on any atom is 0.317 e. The van der Waals surface area contributed by atoms with Crippen molar-refractivity contribution in [3.63, 3.8) is 0 Å². The van der Waals surface area contributed by atoms with Crippen LogP contribution >= 0.6 is 11.3 Å². The van der Waals surface area contributed by atoms with Crippen LogP contribution in [0.4, 0.5) is 4.79 Å². The third kappa shape index (κ3) is 6.04. The van der Waals surface area contributed by atoms with E-state index >= 15 is 0 Å². The number of carboxylic acid groups (broad SMARTS) is 1. The number of likely N-dealkylation sites (tertiary alicyclic amines) is 1. The van der Waals surface area contributed by atoms with Crippen LogP contribution in [0.15, 0.2) is 29.6 Å². The second kappa shape index (κ2) is 10.0. The van der Waals surface area contributed by atoms with Crippen LogP contribution in [0.5, 0.6) is 0 Å². The van der Waals surface area contributed by atoms with Crippen LogP contribution < -0.4 is 5.32 Å². The Kier molecular flexibility index (Phi) is 7.75. The number of likely N-dealkylation sites (N-methyl/N-ethyl adjacent to an activating group) is 1. The first-order chi connectivity index (χ1) is 12.9. The molecule has 7 nitrogen and oxygen atoms in total. The van der Waals surface area contributed by atoms with E-state index in [0.717, 1.165) is 35.8 Å². The summed E-state index contributed by atoms with van der Waals surface area (Å²) in [5.41, 5.74) is 3.26. The van der Waals surface area contributed by atoms with Crippen LogP contribution in [-0.2, 0) is 11.3 Å². The van der Waals surface area contributed by atoms with Crippen LogP contribution in [0.1, 0.15) is 17.7 Å². The Morgan fingerprint density at radius 1 is 1.48 bits per heavy atom. The summed E-state index contributed by atoms with van der Waals surface area (Å²) in [6.07, 6.45) is 1.04. The Labute approximate surface area is 163 Å². The number of thiazole rings is 1. The Morgan fingerprint density at radius 3 is 2.85 bits per heavy atom. The van der Waals surface area contributed by atoms with Crippen molar-refractivity contribution in [1.82, 2.24) is 20.1 Å². The molecule has 146 valence electrons. The lowest BCUT2D eigenvalue weighted by Crippen LogP contribution is -2.40. The van der Waals surface area contributed by atoms with E-state index in [9.17, 15) is 4.79 Å². The molecule has 27 heavy (non-hydrogen) atoms. The number of urea groups is 1. The van der Waals surface area contributed by atoms with Crippen molar-refractivity contribution >= 4 is 23.8 Å². The molecule has 0 saturated carbocycles. The predicted octanol–water partition coefficient (Wildman–Crippen LogP) is 2.66. The molecule has 2 amide bonds. The average molecular weight is 391 g/mol. The van der Waals surface area contributed by atoms with Crippen LogP contribution in [0.2, 0.25) is 0 Å². The first-order valence-corrected chi connectivity index (χ1v) is 9.61. The lowest BCUT2D eigenvalue weighted by molar-refractivity contribution is -0.122. The summed E-state index contributed by atoms with van der Waals surface area (Å²) in [5, 5.41) is 12.9. The molecule has 2 aromatic rings. The van der Waals surface area contributed by atoms with Crippen molar-refractivity contribution in [2.75, 3.05) is 27.2 Å². The Hall–Kier alpha value is -2.45. The zero-order chi connectivity index (χ0) is 19.8. The molecule has 1 atom stereocenters. The number of aromatic nitrogens is 1. The molecule has 1 unspecified atom stereocenters. The van der Waals surface area contributed by atoms with Gasteiger partial charge in [-0.05, 0) is 33.5 Å². The van der Waals surface area contributed by atoms with Crippen molar-refractivity contribution in [3.05, 3.63) is 40.9 Å². The molecule has 0 bridgehead atoms. The molecule has 1 aliphatic heterocycles. The fraction of sp³-hybridized carbons (Fsp3) is 0.421. The van der Waals surface area contributed by atoms with Gasteiger partial charge in [0.05, 0.1) is 12.2 Å². The average Bonchev–Trinajstić information content (AvgIpc) is 3.30. The topological polar surface area (TPSA) is 85.8 Å². The van der Waals surface area contributed by atoms with Gasteiger partial charge in [0.1, 0.15) is 5.01 Å². The molecule has 2 heterocycles. The minimum Gasteiger partial charge on any atom is -0.483 e. The smallest absolute Gasteiger partial charge is 0.317 e. The standard InChI is InChI=1S/C18H24N4OS.CH2O2/c1-13-5-4-6-14(9-13)17-20-15(12-24-17)10-19-18(23)22-8-7-16(11-22)21(2)3;2-1-3/h4-6,9,12,16H,7-8,10-11H2,1-3H3,(H,19,23);1H,(H,2,3). The maximum atomic E-state index is 12.3. The molecular weight excluding hydrogens is 364 g/mol. The highest BCUT2D eigenvalue weighted by Crippen LogP contribution is 2.24. The van der Waals surface area contributed by atoms with Gasteiger partial charge in [-0.3, -0.25) is 4.79 Å². The van der Waals surface area contributed by atoms with Gasteiger partial charge >= 0.3 is 6.03 Å². The monoisotopic (exact) mass is 390 g/mol. The van der Waals surface area contributed by atoms with Gasteiger partial charge in [-0.25, -0.2) is 9.78 Å². The molecule has 1 aromatic heterocycles. The lowest BCUT2D eigenvalue weighted by atomic mass is 10.1. The number of amides is 2. The number of rotatable bonds is 4. The fourth-order valence-corrected chi connectivity index (χ4v) is 3.74. The summed E-state index contributed by atoms with van der Waals surface area (Å²) in [7, 11) is 4.13. The van der Waals surface area contributed by atoms with E-state index < -0.39 is 0 Å². The Bertz CT molecular complexity index is 763. The third-order valence-corrected chi connectivity index (χ3v) is 5.36. The third-order valence-electron chi connectivity index (χ3n) is 4.42. The zero-order valence-electron chi connectivity index (χ0n) is 15.9. The highest BCUT2D eigenvalue weighted by molar-refractivity contribution is 7.13. The van der Waals surface area contributed by atoms with Gasteiger partial charge < -0.3 is 20.2 Å². The van der Waals surface area contributed by atoms with E-state index in [1.165, 1.54) is 5.56 Å². The van der Waals surface area contributed by atoms with Crippen molar-refractivity contribution in [2.45, 2.75) is 25.9 Å². The maximum absolute atomic E-state index is 12.3. The molecule has 3 rings (SSSR count). The summed E-state index contributed by atoms with van der Waals surface area (Å²) in [4.78, 5) is 29.4. The number of hydrogen-bond acceptors (Lipinski definition) is 5. The molecule has 0 aliphatic carbocycles. The number of nitrogens with one attached hydrogen (secondary N) is 1. The molecule has 1 aromatic carbocycles. The van der Waals surface area contributed by atoms with E-state index in [1.807, 2.05) is 16.3 Å². The van der Waals surface area contributed by atoms with Crippen LogP contribution in [0, 0.1) is 6.92 Å². The molecule has 1 fully saturated rings.